The zero-order valence-electron chi connectivity index (χ0n) is 13.8. The Labute approximate surface area is 142 Å². The van der Waals surface area contributed by atoms with Crippen LogP contribution >= 0.6 is 11.6 Å². The molecule has 1 N–H and O–H groups in total. The van der Waals surface area contributed by atoms with Crippen LogP contribution in [0.5, 0.6) is 0 Å². The lowest BCUT2D eigenvalue weighted by Gasteiger charge is -2.12. The van der Waals surface area contributed by atoms with E-state index in [9.17, 15) is 4.79 Å². The van der Waals surface area contributed by atoms with Gasteiger partial charge < -0.3 is 10.1 Å². The van der Waals surface area contributed by atoms with Gasteiger partial charge in [0.1, 0.15) is 0 Å². The summed E-state index contributed by atoms with van der Waals surface area (Å²) in [5.74, 6) is 0. The summed E-state index contributed by atoms with van der Waals surface area (Å²) in [6.07, 6.45) is 0.328. The van der Waals surface area contributed by atoms with Crippen LogP contribution in [-0.4, -0.2) is 12.7 Å². The fourth-order valence-electron chi connectivity index (χ4n) is 2.68. The summed E-state index contributed by atoms with van der Waals surface area (Å²) in [4.78, 5) is 11.7. The van der Waals surface area contributed by atoms with Crippen molar-refractivity contribution in [3.05, 3.63) is 69.2 Å². The van der Waals surface area contributed by atoms with Crippen LogP contribution in [0, 0.1) is 20.8 Å². The largest absolute Gasteiger partial charge is 0.449 e. The van der Waals surface area contributed by atoms with Crippen LogP contribution in [0.1, 0.15) is 27.8 Å². The normalized spacial score (nSPS) is 10.4. The van der Waals surface area contributed by atoms with E-state index in [1.165, 1.54) is 22.3 Å². The van der Waals surface area contributed by atoms with E-state index in [-0.39, 0.29) is 0 Å². The van der Waals surface area contributed by atoms with Crippen molar-refractivity contribution in [2.75, 3.05) is 6.61 Å². The van der Waals surface area contributed by atoms with Gasteiger partial charge in [-0.05, 0) is 55.2 Å². The van der Waals surface area contributed by atoms with E-state index in [2.05, 4.69) is 38.2 Å². The van der Waals surface area contributed by atoms with Crippen molar-refractivity contribution in [1.29, 1.82) is 0 Å². The number of benzene rings is 2. The highest BCUT2D eigenvalue weighted by Gasteiger charge is 2.06. The maximum Gasteiger partial charge on any atom is 0.407 e. The molecule has 4 heteroatoms. The molecule has 0 aliphatic heterocycles. The first-order valence-electron chi connectivity index (χ1n) is 7.67. The molecule has 0 saturated heterocycles. The summed E-state index contributed by atoms with van der Waals surface area (Å²) in [6, 6.07) is 11.7. The van der Waals surface area contributed by atoms with Gasteiger partial charge in [0.15, 0.2) is 0 Å². The van der Waals surface area contributed by atoms with Crippen LogP contribution in [0.15, 0.2) is 36.4 Å². The summed E-state index contributed by atoms with van der Waals surface area (Å²) in [5.41, 5.74) is 5.98. The molecule has 0 radical (unpaired) electrons. The summed E-state index contributed by atoms with van der Waals surface area (Å²) in [5, 5.41) is 3.42. The number of alkyl carbamates (subject to hydrolysis) is 1. The highest BCUT2D eigenvalue weighted by Crippen LogP contribution is 2.17. The Kier molecular flexibility index (Phi) is 6.05. The standard InChI is InChI=1S/C19H22ClNO2/c1-13-10-14(2)18(15(3)11-13)8-9-23-19(22)21-12-16-4-6-17(20)7-5-16/h4-7,10-11H,8-9,12H2,1-3H3,(H,21,22). The van der Waals surface area contributed by atoms with E-state index in [1.807, 2.05) is 12.1 Å². The predicted molar refractivity (Wildman–Crippen MR) is 94.0 cm³/mol. The number of hydrogen-bond acceptors (Lipinski definition) is 2. The van der Waals surface area contributed by atoms with Gasteiger partial charge in [-0.3, -0.25) is 0 Å². The number of hydrogen-bond donors (Lipinski definition) is 1. The summed E-state index contributed by atoms with van der Waals surface area (Å²) in [7, 11) is 0. The molecule has 0 bridgehead atoms. The third kappa shape index (κ3) is 5.29. The highest BCUT2D eigenvalue weighted by atomic mass is 35.5. The minimum absolute atomic E-state index is 0.372. The molecule has 0 aliphatic carbocycles. The van der Waals surface area contributed by atoms with Gasteiger partial charge in [0.05, 0.1) is 6.61 Å². The van der Waals surface area contributed by atoms with Crippen molar-refractivity contribution in [1.82, 2.24) is 5.32 Å². The first-order chi connectivity index (χ1) is 11.0. The number of carbonyl (C=O) groups is 1. The van der Waals surface area contributed by atoms with E-state index in [1.54, 1.807) is 12.1 Å². The summed E-state index contributed by atoms with van der Waals surface area (Å²) in [6.45, 7) is 7.08. The molecule has 0 saturated carbocycles. The van der Waals surface area contributed by atoms with Crippen molar-refractivity contribution < 1.29 is 9.53 Å². The average molecular weight is 332 g/mol. The zero-order chi connectivity index (χ0) is 16.8. The van der Waals surface area contributed by atoms with Crippen LogP contribution in [-0.2, 0) is 17.7 Å². The smallest absolute Gasteiger partial charge is 0.407 e. The minimum atomic E-state index is -0.401. The van der Waals surface area contributed by atoms with Crippen LogP contribution in [0.3, 0.4) is 0 Å². The third-order valence-electron chi connectivity index (χ3n) is 3.78. The van der Waals surface area contributed by atoms with E-state index < -0.39 is 6.09 Å². The van der Waals surface area contributed by atoms with Gasteiger partial charge in [0, 0.05) is 18.0 Å². The second kappa shape index (κ2) is 8.02. The monoisotopic (exact) mass is 331 g/mol. The highest BCUT2D eigenvalue weighted by molar-refractivity contribution is 6.30. The van der Waals surface area contributed by atoms with Gasteiger partial charge >= 0.3 is 6.09 Å². The Morgan fingerprint density at radius 2 is 1.70 bits per heavy atom. The van der Waals surface area contributed by atoms with E-state index in [0.717, 1.165) is 12.0 Å². The molecule has 2 aromatic rings. The van der Waals surface area contributed by atoms with Crippen molar-refractivity contribution in [2.24, 2.45) is 0 Å². The number of amides is 1. The molecule has 23 heavy (non-hydrogen) atoms. The molecule has 1 amide bonds. The molecule has 2 rings (SSSR count). The molecule has 3 nitrogen and oxygen atoms in total. The fraction of sp³-hybridized carbons (Fsp3) is 0.316. The van der Waals surface area contributed by atoms with Gasteiger partial charge in [0.25, 0.3) is 0 Å². The van der Waals surface area contributed by atoms with Gasteiger partial charge in [-0.1, -0.05) is 41.4 Å². The van der Waals surface area contributed by atoms with Crippen molar-refractivity contribution in [2.45, 2.75) is 33.7 Å². The topological polar surface area (TPSA) is 38.3 Å². The number of rotatable bonds is 5. The fourth-order valence-corrected chi connectivity index (χ4v) is 2.80. The number of halogens is 1. The van der Waals surface area contributed by atoms with Gasteiger partial charge in [0.2, 0.25) is 0 Å². The van der Waals surface area contributed by atoms with Crippen molar-refractivity contribution in [3.63, 3.8) is 0 Å². The SMILES string of the molecule is Cc1cc(C)c(CCOC(=O)NCc2ccc(Cl)cc2)c(C)c1. The van der Waals surface area contributed by atoms with Gasteiger partial charge in [-0.2, -0.15) is 0 Å². The lowest BCUT2D eigenvalue weighted by molar-refractivity contribution is 0.147. The Bertz CT molecular complexity index is 657. The van der Waals surface area contributed by atoms with E-state index in [0.29, 0.717) is 18.2 Å². The van der Waals surface area contributed by atoms with E-state index >= 15 is 0 Å². The summed E-state index contributed by atoms with van der Waals surface area (Å²) >= 11 is 5.82. The molecule has 0 aliphatic rings. The number of aryl methyl sites for hydroxylation is 3. The second-order valence-electron chi connectivity index (χ2n) is 5.74. The Hall–Kier alpha value is -2.00. The minimum Gasteiger partial charge on any atom is -0.449 e. The first-order valence-corrected chi connectivity index (χ1v) is 8.05. The first kappa shape index (κ1) is 17.4. The molecule has 0 fully saturated rings. The zero-order valence-corrected chi connectivity index (χ0v) is 14.5. The number of ether oxygens (including phenoxy) is 1. The van der Waals surface area contributed by atoms with Crippen molar-refractivity contribution >= 4 is 17.7 Å². The second-order valence-corrected chi connectivity index (χ2v) is 6.18. The van der Waals surface area contributed by atoms with Crippen LogP contribution in [0.25, 0.3) is 0 Å². The molecular weight excluding hydrogens is 310 g/mol. The van der Waals surface area contributed by atoms with Crippen molar-refractivity contribution in [3.8, 4) is 0 Å². The lowest BCUT2D eigenvalue weighted by atomic mass is 9.98. The molecule has 0 unspecified atom stereocenters. The Balaban J connectivity index is 1.78. The molecule has 0 atom stereocenters. The molecule has 0 aromatic heterocycles. The number of nitrogens with one attached hydrogen (secondary N) is 1. The quantitative estimate of drug-likeness (QED) is 0.859. The maximum absolute atomic E-state index is 11.7. The van der Waals surface area contributed by atoms with Gasteiger partial charge in [-0.25, -0.2) is 4.79 Å². The molecule has 0 spiro atoms. The Morgan fingerprint density at radius 1 is 1.09 bits per heavy atom. The molecule has 2 aromatic carbocycles. The lowest BCUT2D eigenvalue weighted by Crippen LogP contribution is -2.24. The molecule has 122 valence electrons. The third-order valence-corrected chi connectivity index (χ3v) is 4.03. The molecular formula is C19H22ClNO2. The van der Waals surface area contributed by atoms with Crippen LogP contribution in [0.2, 0.25) is 5.02 Å². The van der Waals surface area contributed by atoms with Crippen LogP contribution < -0.4 is 5.32 Å². The molecule has 0 heterocycles. The average Bonchev–Trinajstić information content (AvgIpc) is 2.49. The number of carbonyl (C=O) groups excluding carboxylic acids is 1. The summed E-state index contributed by atoms with van der Waals surface area (Å²) < 4.78 is 5.26. The van der Waals surface area contributed by atoms with Gasteiger partial charge in [-0.15, -0.1) is 0 Å². The Morgan fingerprint density at radius 3 is 2.30 bits per heavy atom. The van der Waals surface area contributed by atoms with E-state index in [4.69, 9.17) is 16.3 Å². The predicted octanol–water partition coefficient (Wildman–Crippen LogP) is 4.73. The maximum atomic E-state index is 11.7. The van der Waals surface area contributed by atoms with Crippen LogP contribution in [0.4, 0.5) is 4.79 Å².